The van der Waals surface area contributed by atoms with Gasteiger partial charge in [-0.15, -0.1) is 0 Å². The number of aliphatic hydroxyl groups is 1. The Morgan fingerprint density at radius 3 is 2.79 bits per heavy atom. The summed E-state index contributed by atoms with van der Waals surface area (Å²) in [6, 6.07) is 6.72. The summed E-state index contributed by atoms with van der Waals surface area (Å²) in [5, 5.41) is 12.9. The molecular weight excluding hydrogens is 343 g/mol. The first kappa shape index (κ1) is 16.6. The van der Waals surface area contributed by atoms with Crippen LogP contribution in [-0.2, 0) is 0 Å². The van der Waals surface area contributed by atoms with Crippen molar-refractivity contribution in [2.75, 3.05) is 18.5 Å². The number of halogens is 4. The third kappa shape index (κ3) is 3.32. The molecule has 0 aromatic heterocycles. The molecule has 4 nitrogen and oxygen atoms in total. The zero-order valence-corrected chi connectivity index (χ0v) is 13.1. The van der Waals surface area contributed by atoms with Crippen LogP contribution in [0, 0.1) is 0 Å². The van der Waals surface area contributed by atoms with Crippen LogP contribution >= 0.6 is 11.6 Å². The number of rotatable bonds is 3. The van der Waals surface area contributed by atoms with Crippen LogP contribution in [0.2, 0.25) is 5.02 Å². The second-order valence-corrected chi connectivity index (χ2v) is 5.66. The van der Waals surface area contributed by atoms with Gasteiger partial charge in [-0.05, 0) is 30.4 Å². The molecule has 24 heavy (non-hydrogen) atoms. The Hall–Kier alpha value is -2.25. The van der Waals surface area contributed by atoms with E-state index in [1.165, 1.54) is 17.2 Å². The molecule has 0 saturated heterocycles. The summed E-state index contributed by atoms with van der Waals surface area (Å²) in [4.78, 5) is 5.46. The van der Waals surface area contributed by atoms with Gasteiger partial charge in [-0.2, -0.15) is 13.2 Å². The molecule has 0 saturated carbocycles. The lowest BCUT2D eigenvalue weighted by atomic mass is 10.1. The lowest BCUT2D eigenvalue weighted by molar-refractivity contribution is -0.0869. The first-order valence-electron chi connectivity index (χ1n) is 7.05. The topological polar surface area (TPSA) is 47.9 Å². The highest BCUT2D eigenvalue weighted by Gasteiger charge is 2.40. The zero-order chi connectivity index (χ0) is 17.3. The van der Waals surface area contributed by atoms with Gasteiger partial charge in [0.25, 0.3) is 0 Å². The number of benzene rings is 1. The van der Waals surface area contributed by atoms with Gasteiger partial charge in [0.1, 0.15) is 11.7 Å². The SMILES string of the molecule is OCC1=C(Nc2cccc(Cl)c2)N=C2C(C(F)(F)F)=CC=CN2C1. The van der Waals surface area contributed by atoms with E-state index in [9.17, 15) is 18.3 Å². The van der Waals surface area contributed by atoms with Crippen molar-refractivity contribution in [3.05, 3.63) is 64.6 Å². The van der Waals surface area contributed by atoms with Crippen molar-refractivity contribution in [1.29, 1.82) is 0 Å². The van der Waals surface area contributed by atoms with Crippen LogP contribution in [0.25, 0.3) is 0 Å². The van der Waals surface area contributed by atoms with E-state index in [0.717, 1.165) is 6.08 Å². The molecule has 2 heterocycles. The fourth-order valence-electron chi connectivity index (χ4n) is 2.43. The van der Waals surface area contributed by atoms with Crippen molar-refractivity contribution < 1.29 is 18.3 Å². The standard InChI is InChI=1S/C16H13ClF3N3O/c17-11-3-1-4-12(7-11)21-14-10(9-24)8-23-6-2-5-13(15(23)22-14)16(18,19)20/h1-7,21,24H,8-9H2. The van der Waals surface area contributed by atoms with Crippen LogP contribution in [0.15, 0.2) is 64.6 Å². The van der Waals surface area contributed by atoms with Gasteiger partial charge < -0.3 is 15.3 Å². The summed E-state index contributed by atoms with van der Waals surface area (Å²) < 4.78 is 39.6. The number of alkyl halides is 3. The van der Waals surface area contributed by atoms with Crippen molar-refractivity contribution in [2.45, 2.75) is 6.18 Å². The van der Waals surface area contributed by atoms with Crippen LogP contribution < -0.4 is 5.32 Å². The average Bonchev–Trinajstić information content (AvgIpc) is 2.52. The van der Waals surface area contributed by atoms with Gasteiger partial charge in [0.2, 0.25) is 0 Å². The van der Waals surface area contributed by atoms with Gasteiger partial charge in [0, 0.05) is 22.5 Å². The Morgan fingerprint density at radius 1 is 1.33 bits per heavy atom. The monoisotopic (exact) mass is 355 g/mol. The molecule has 0 bridgehead atoms. The minimum Gasteiger partial charge on any atom is -0.392 e. The van der Waals surface area contributed by atoms with Crippen molar-refractivity contribution in [2.24, 2.45) is 4.99 Å². The van der Waals surface area contributed by atoms with Gasteiger partial charge in [-0.1, -0.05) is 17.7 Å². The minimum absolute atomic E-state index is 0.113. The Kier molecular flexibility index (Phi) is 4.38. The van der Waals surface area contributed by atoms with E-state index in [4.69, 9.17) is 11.6 Å². The number of fused-ring (bicyclic) bond motifs is 1. The molecule has 0 atom stereocenters. The average molecular weight is 356 g/mol. The molecule has 0 spiro atoms. The number of hydrogen-bond donors (Lipinski definition) is 2. The van der Waals surface area contributed by atoms with Crippen LogP contribution in [0.1, 0.15) is 0 Å². The number of aliphatic imine (C=N–C) groups is 1. The molecule has 126 valence electrons. The van der Waals surface area contributed by atoms with E-state index in [1.54, 1.807) is 24.3 Å². The summed E-state index contributed by atoms with van der Waals surface area (Å²) in [5.74, 6) is -0.0109. The summed E-state index contributed by atoms with van der Waals surface area (Å²) >= 11 is 5.91. The zero-order valence-electron chi connectivity index (χ0n) is 12.3. The summed E-state index contributed by atoms with van der Waals surface area (Å²) in [7, 11) is 0. The smallest absolute Gasteiger partial charge is 0.392 e. The number of amidine groups is 1. The number of allylic oxidation sites excluding steroid dienone is 2. The molecule has 0 unspecified atom stereocenters. The highest BCUT2D eigenvalue weighted by Crippen LogP contribution is 2.33. The molecule has 2 aliphatic rings. The molecule has 1 aromatic carbocycles. The molecule has 8 heteroatoms. The maximum absolute atomic E-state index is 13.2. The molecule has 2 aliphatic heterocycles. The van der Waals surface area contributed by atoms with Gasteiger partial charge in [-0.3, -0.25) is 0 Å². The third-order valence-corrected chi connectivity index (χ3v) is 3.77. The van der Waals surface area contributed by atoms with E-state index in [-0.39, 0.29) is 24.8 Å². The van der Waals surface area contributed by atoms with Crippen molar-refractivity contribution >= 4 is 23.1 Å². The maximum atomic E-state index is 13.2. The number of aliphatic hydroxyl groups excluding tert-OH is 1. The third-order valence-electron chi connectivity index (χ3n) is 3.54. The van der Waals surface area contributed by atoms with Gasteiger partial charge in [0.15, 0.2) is 0 Å². The van der Waals surface area contributed by atoms with E-state index in [1.807, 2.05) is 0 Å². The molecule has 2 N–H and O–H groups in total. The van der Waals surface area contributed by atoms with Gasteiger partial charge in [0.05, 0.1) is 18.7 Å². The fraction of sp³-hybridized carbons (Fsp3) is 0.188. The Morgan fingerprint density at radius 2 is 2.12 bits per heavy atom. The normalized spacial score (nSPS) is 17.5. The highest BCUT2D eigenvalue weighted by molar-refractivity contribution is 6.30. The minimum atomic E-state index is -4.51. The van der Waals surface area contributed by atoms with Gasteiger partial charge in [-0.25, -0.2) is 4.99 Å². The summed E-state index contributed by atoms with van der Waals surface area (Å²) in [6.07, 6.45) is -0.720. The Bertz CT molecular complexity index is 781. The molecule has 0 amide bonds. The highest BCUT2D eigenvalue weighted by atomic mass is 35.5. The van der Waals surface area contributed by atoms with Crippen molar-refractivity contribution in [3.63, 3.8) is 0 Å². The van der Waals surface area contributed by atoms with Crippen LogP contribution in [0.3, 0.4) is 0 Å². The number of nitrogens with one attached hydrogen (secondary N) is 1. The summed E-state index contributed by atoms with van der Waals surface area (Å²) in [5.41, 5.74) is 0.226. The molecule has 0 fully saturated rings. The summed E-state index contributed by atoms with van der Waals surface area (Å²) in [6.45, 7) is -0.211. The predicted molar refractivity (Wildman–Crippen MR) is 86.6 cm³/mol. The van der Waals surface area contributed by atoms with Crippen LogP contribution in [0.4, 0.5) is 18.9 Å². The Balaban J connectivity index is 1.99. The molecule has 0 aliphatic carbocycles. The quantitative estimate of drug-likeness (QED) is 0.869. The predicted octanol–water partition coefficient (Wildman–Crippen LogP) is 3.69. The fourth-order valence-corrected chi connectivity index (χ4v) is 2.62. The first-order valence-corrected chi connectivity index (χ1v) is 7.43. The molecular formula is C16H13ClF3N3O. The lowest BCUT2D eigenvalue weighted by Gasteiger charge is -2.32. The second-order valence-electron chi connectivity index (χ2n) is 5.23. The second kappa shape index (κ2) is 6.33. The maximum Gasteiger partial charge on any atom is 0.419 e. The molecule has 0 radical (unpaired) electrons. The van der Waals surface area contributed by atoms with Crippen LogP contribution in [0.5, 0.6) is 0 Å². The largest absolute Gasteiger partial charge is 0.419 e. The van der Waals surface area contributed by atoms with Crippen molar-refractivity contribution in [1.82, 2.24) is 4.90 Å². The van der Waals surface area contributed by atoms with E-state index in [0.29, 0.717) is 16.3 Å². The van der Waals surface area contributed by atoms with E-state index >= 15 is 0 Å². The number of nitrogens with zero attached hydrogens (tertiary/aromatic N) is 2. The molecule has 3 rings (SSSR count). The lowest BCUT2D eigenvalue weighted by Crippen LogP contribution is -2.39. The number of anilines is 1. The van der Waals surface area contributed by atoms with E-state index < -0.39 is 11.7 Å². The van der Waals surface area contributed by atoms with E-state index in [2.05, 4.69) is 10.3 Å². The van der Waals surface area contributed by atoms with Crippen LogP contribution in [-0.4, -0.2) is 35.2 Å². The van der Waals surface area contributed by atoms with Crippen molar-refractivity contribution in [3.8, 4) is 0 Å². The molecule has 1 aromatic rings. The number of hydrogen-bond acceptors (Lipinski definition) is 4. The first-order chi connectivity index (χ1) is 11.4. The Labute approximate surface area is 141 Å². The van der Waals surface area contributed by atoms with Gasteiger partial charge >= 0.3 is 6.18 Å².